The van der Waals surface area contributed by atoms with Crippen molar-refractivity contribution in [1.82, 2.24) is 20.0 Å². The quantitative estimate of drug-likeness (QED) is 0.839. The van der Waals surface area contributed by atoms with Gasteiger partial charge in [-0.1, -0.05) is 18.2 Å². The fraction of sp³-hybridized carbons (Fsp3) is 0.438. The highest BCUT2D eigenvalue weighted by molar-refractivity contribution is 5.30. The molecule has 0 aliphatic carbocycles. The molecule has 2 rings (SSSR count). The van der Waals surface area contributed by atoms with Gasteiger partial charge in [-0.05, 0) is 52.2 Å². The van der Waals surface area contributed by atoms with Crippen LogP contribution in [0.25, 0.3) is 5.69 Å². The lowest BCUT2D eigenvalue weighted by Gasteiger charge is -2.15. The average molecular weight is 272 g/mol. The summed E-state index contributed by atoms with van der Waals surface area (Å²) in [6, 6.07) is 12.8. The first-order valence-electron chi connectivity index (χ1n) is 7.13. The highest BCUT2D eigenvalue weighted by Gasteiger charge is 2.05. The number of hydrogen-bond acceptors (Lipinski definition) is 3. The zero-order valence-electron chi connectivity index (χ0n) is 12.6. The van der Waals surface area contributed by atoms with E-state index in [1.165, 1.54) is 0 Å². The minimum Gasteiger partial charge on any atom is -0.309 e. The molecule has 4 heteroatoms. The second kappa shape index (κ2) is 7.22. The van der Waals surface area contributed by atoms with Gasteiger partial charge in [-0.15, -0.1) is 0 Å². The zero-order chi connectivity index (χ0) is 14.4. The normalized spacial score (nSPS) is 12.8. The highest BCUT2D eigenvalue weighted by Crippen LogP contribution is 2.07. The fourth-order valence-electron chi connectivity index (χ4n) is 2.01. The molecule has 1 N–H and O–H groups in total. The number of nitrogens with one attached hydrogen (secondary N) is 1. The van der Waals surface area contributed by atoms with Crippen LogP contribution in [-0.4, -0.2) is 41.4 Å². The number of rotatable bonds is 7. The van der Waals surface area contributed by atoms with Gasteiger partial charge in [0.1, 0.15) is 0 Å². The molecule has 108 valence electrons. The van der Waals surface area contributed by atoms with E-state index < -0.39 is 0 Å². The summed E-state index contributed by atoms with van der Waals surface area (Å²) in [6.07, 6.45) is 3.16. The highest BCUT2D eigenvalue weighted by atomic mass is 15.3. The van der Waals surface area contributed by atoms with Crippen LogP contribution in [0.5, 0.6) is 0 Å². The van der Waals surface area contributed by atoms with Gasteiger partial charge in [0, 0.05) is 18.8 Å². The first-order valence-corrected chi connectivity index (χ1v) is 7.13. The number of hydrogen-bond donors (Lipinski definition) is 1. The van der Waals surface area contributed by atoms with Crippen LogP contribution in [-0.2, 0) is 6.54 Å². The van der Waals surface area contributed by atoms with Gasteiger partial charge in [0.15, 0.2) is 0 Å². The van der Waals surface area contributed by atoms with Crippen LogP contribution in [0.3, 0.4) is 0 Å². The van der Waals surface area contributed by atoms with Crippen LogP contribution in [0.1, 0.15) is 19.0 Å². The Balaban J connectivity index is 1.84. The van der Waals surface area contributed by atoms with Gasteiger partial charge >= 0.3 is 0 Å². The molecule has 0 aliphatic rings. The molecule has 2 aromatic rings. The molecule has 0 fully saturated rings. The fourth-order valence-corrected chi connectivity index (χ4v) is 2.01. The van der Waals surface area contributed by atoms with Gasteiger partial charge in [-0.25, -0.2) is 4.68 Å². The van der Waals surface area contributed by atoms with Crippen molar-refractivity contribution in [3.05, 3.63) is 48.3 Å². The van der Waals surface area contributed by atoms with Crippen LogP contribution < -0.4 is 5.32 Å². The van der Waals surface area contributed by atoms with Crippen LogP contribution in [0.15, 0.2) is 42.6 Å². The Morgan fingerprint density at radius 1 is 1.20 bits per heavy atom. The Labute approximate surface area is 121 Å². The molecular weight excluding hydrogens is 248 g/mol. The Bertz CT molecular complexity index is 504. The topological polar surface area (TPSA) is 33.1 Å². The number of benzene rings is 1. The lowest BCUT2D eigenvalue weighted by atomic mass is 10.2. The lowest BCUT2D eigenvalue weighted by Crippen LogP contribution is -2.29. The van der Waals surface area contributed by atoms with Gasteiger partial charge in [-0.2, -0.15) is 5.10 Å². The predicted molar refractivity (Wildman–Crippen MR) is 83.0 cm³/mol. The molecule has 20 heavy (non-hydrogen) atoms. The molecule has 1 unspecified atom stereocenters. The number of para-hydroxylation sites is 1. The van der Waals surface area contributed by atoms with Crippen molar-refractivity contribution in [2.75, 3.05) is 20.6 Å². The van der Waals surface area contributed by atoms with Crippen LogP contribution in [0, 0.1) is 0 Å². The van der Waals surface area contributed by atoms with Crippen molar-refractivity contribution >= 4 is 0 Å². The number of nitrogens with zero attached hydrogens (tertiary/aromatic N) is 3. The first kappa shape index (κ1) is 14.8. The molecule has 0 saturated carbocycles. The van der Waals surface area contributed by atoms with E-state index in [1.807, 2.05) is 29.1 Å². The summed E-state index contributed by atoms with van der Waals surface area (Å²) in [5.41, 5.74) is 2.17. The van der Waals surface area contributed by atoms with Crippen molar-refractivity contribution in [2.24, 2.45) is 0 Å². The molecule has 1 atom stereocenters. The monoisotopic (exact) mass is 272 g/mol. The molecule has 0 saturated heterocycles. The van der Waals surface area contributed by atoms with E-state index in [2.05, 4.69) is 54.5 Å². The van der Waals surface area contributed by atoms with Gasteiger partial charge in [0.25, 0.3) is 0 Å². The van der Waals surface area contributed by atoms with Crippen molar-refractivity contribution < 1.29 is 0 Å². The summed E-state index contributed by atoms with van der Waals surface area (Å²) >= 11 is 0. The van der Waals surface area contributed by atoms with Gasteiger partial charge in [0.2, 0.25) is 0 Å². The third kappa shape index (κ3) is 4.47. The summed E-state index contributed by atoms with van der Waals surface area (Å²) in [5, 5.41) is 8.11. The van der Waals surface area contributed by atoms with Gasteiger partial charge in [0.05, 0.1) is 11.4 Å². The second-order valence-electron chi connectivity index (χ2n) is 5.46. The van der Waals surface area contributed by atoms with Crippen LogP contribution >= 0.6 is 0 Å². The summed E-state index contributed by atoms with van der Waals surface area (Å²) in [5.74, 6) is 0. The Morgan fingerprint density at radius 2 is 1.95 bits per heavy atom. The Kier molecular flexibility index (Phi) is 5.32. The maximum atomic E-state index is 4.59. The molecule has 1 heterocycles. The predicted octanol–water partition coefficient (Wildman–Crippen LogP) is 2.30. The molecule has 1 aromatic heterocycles. The van der Waals surface area contributed by atoms with E-state index in [0.29, 0.717) is 6.04 Å². The van der Waals surface area contributed by atoms with E-state index in [9.17, 15) is 0 Å². The molecule has 0 spiro atoms. The van der Waals surface area contributed by atoms with Crippen molar-refractivity contribution in [3.63, 3.8) is 0 Å². The molecule has 0 bridgehead atoms. The lowest BCUT2D eigenvalue weighted by molar-refractivity contribution is 0.365. The minimum absolute atomic E-state index is 0.499. The summed E-state index contributed by atoms with van der Waals surface area (Å²) in [6.45, 7) is 4.14. The summed E-state index contributed by atoms with van der Waals surface area (Å²) in [7, 11) is 4.21. The standard InChI is InChI=1S/C16H24N4/c1-14(9-11-19(2)3)17-13-15-10-12-20(18-15)16-7-5-4-6-8-16/h4-8,10,12,14,17H,9,11,13H2,1-3H3. The maximum absolute atomic E-state index is 4.59. The Hall–Kier alpha value is -1.65. The van der Waals surface area contributed by atoms with Crippen molar-refractivity contribution in [1.29, 1.82) is 0 Å². The number of aromatic nitrogens is 2. The Morgan fingerprint density at radius 3 is 2.65 bits per heavy atom. The summed E-state index contributed by atoms with van der Waals surface area (Å²) < 4.78 is 1.92. The van der Waals surface area contributed by atoms with Crippen LogP contribution in [0.2, 0.25) is 0 Å². The molecular formula is C16H24N4. The van der Waals surface area contributed by atoms with Crippen molar-refractivity contribution in [3.8, 4) is 5.69 Å². The van der Waals surface area contributed by atoms with Crippen LogP contribution in [0.4, 0.5) is 0 Å². The van der Waals surface area contributed by atoms with E-state index >= 15 is 0 Å². The molecule has 4 nitrogen and oxygen atoms in total. The zero-order valence-corrected chi connectivity index (χ0v) is 12.6. The smallest absolute Gasteiger partial charge is 0.0766 e. The van der Waals surface area contributed by atoms with E-state index in [0.717, 1.165) is 30.9 Å². The summed E-state index contributed by atoms with van der Waals surface area (Å²) in [4.78, 5) is 2.21. The van der Waals surface area contributed by atoms with E-state index in [-0.39, 0.29) is 0 Å². The van der Waals surface area contributed by atoms with Gasteiger partial charge < -0.3 is 10.2 Å². The van der Waals surface area contributed by atoms with Crippen molar-refractivity contribution in [2.45, 2.75) is 25.9 Å². The minimum atomic E-state index is 0.499. The first-order chi connectivity index (χ1) is 9.65. The van der Waals surface area contributed by atoms with E-state index in [1.54, 1.807) is 0 Å². The molecule has 0 amide bonds. The SMILES string of the molecule is CC(CCN(C)C)NCc1ccn(-c2ccccc2)n1. The van der Waals surface area contributed by atoms with Gasteiger partial charge in [-0.3, -0.25) is 0 Å². The third-order valence-corrected chi connectivity index (χ3v) is 3.31. The average Bonchev–Trinajstić information content (AvgIpc) is 2.93. The maximum Gasteiger partial charge on any atom is 0.0766 e. The third-order valence-electron chi connectivity index (χ3n) is 3.31. The van der Waals surface area contributed by atoms with E-state index in [4.69, 9.17) is 0 Å². The molecule has 0 radical (unpaired) electrons. The second-order valence-corrected chi connectivity index (χ2v) is 5.46. The molecule has 1 aromatic carbocycles. The molecule has 0 aliphatic heterocycles. The largest absolute Gasteiger partial charge is 0.309 e.